The third kappa shape index (κ3) is 7.01. The highest BCUT2D eigenvalue weighted by atomic mass is 35.5. The van der Waals surface area contributed by atoms with Crippen LogP contribution < -0.4 is 19.1 Å². The largest absolute Gasteiger partial charge is 0.497 e. The number of hydrogen-bond donors (Lipinski definition) is 1. The fourth-order valence-corrected chi connectivity index (χ4v) is 5.75. The fraction of sp³-hybridized carbons (Fsp3) is 0.286. The molecule has 0 aromatic heterocycles. The van der Waals surface area contributed by atoms with Crippen LogP contribution in [0.5, 0.6) is 11.5 Å². The number of carbonyl (C=O) groups is 2. The van der Waals surface area contributed by atoms with E-state index in [1.807, 2.05) is 0 Å². The molecule has 0 saturated heterocycles. The van der Waals surface area contributed by atoms with Gasteiger partial charge < -0.3 is 19.7 Å². The minimum atomic E-state index is -4.25. The van der Waals surface area contributed by atoms with E-state index in [2.05, 4.69) is 5.32 Å². The molecule has 0 fully saturated rings. The number of halogens is 1. The zero-order valence-corrected chi connectivity index (χ0v) is 23.8. The number of benzene rings is 3. The van der Waals surface area contributed by atoms with Crippen LogP contribution in [0.1, 0.15) is 18.9 Å². The summed E-state index contributed by atoms with van der Waals surface area (Å²) >= 11 is 6.25. The summed E-state index contributed by atoms with van der Waals surface area (Å²) < 4.78 is 39.5. The number of sulfonamides is 1. The van der Waals surface area contributed by atoms with Crippen molar-refractivity contribution < 1.29 is 27.5 Å². The third-order valence-corrected chi connectivity index (χ3v) is 8.15. The average molecular weight is 574 g/mol. The summed E-state index contributed by atoms with van der Waals surface area (Å²) in [6, 6.07) is 18.5. The lowest BCUT2D eigenvalue weighted by Crippen LogP contribution is -2.51. The first-order valence-electron chi connectivity index (χ1n) is 12.2. The number of ether oxygens (including phenoxy) is 2. The lowest BCUT2D eigenvalue weighted by molar-refractivity contribution is -0.140. The number of rotatable bonds is 12. The van der Waals surface area contributed by atoms with Crippen molar-refractivity contribution in [2.75, 3.05) is 32.1 Å². The molecule has 2 amide bonds. The van der Waals surface area contributed by atoms with Gasteiger partial charge in [-0.25, -0.2) is 8.42 Å². The van der Waals surface area contributed by atoms with E-state index in [1.165, 1.54) is 50.4 Å². The summed E-state index contributed by atoms with van der Waals surface area (Å²) in [5.74, 6) is -0.157. The lowest BCUT2D eigenvalue weighted by Gasteiger charge is -2.33. The van der Waals surface area contributed by atoms with Crippen molar-refractivity contribution in [2.45, 2.75) is 30.8 Å². The molecule has 3 rings (SSSR count). The second-order valence-electron chi connectivity index (χ2n) is 8.55. The van der Waals surface area contributed by atoms with E-state index in [0.29, 0.717) is 17.7 Å². The Morgan fingerprint density at radius 2 is 1.69 bits per heavy atom. The fourth-order valence-electron chi connectivity index (χ4n) is 4.14. The van der Waals surface area contributed by atoms with Crippen molar-refractivity contribution in [1.82, 2.24) is 10.2 Å². The lowest BCUT2D eigenvalue weighted by atomic mass is 10.1. The highest BCUT2D eigenvalue weighted by Gasteiger charge is 2.34. The van der Waals surface area contributed by atoms with Crippen LogP contribution in [0.2, 0.25) is 5.02 Å². The molecule has 0 saturated carbocycles. The molecule has 11 heteroatoms. The second-order valence-corrected chi connectivity index (χ2v) is 10.9. The van der Waals surface area contributed by atoms with Crippen LogP contribution in [0.3, 0.4) is 0 Å². The van der Waals surface area contributed by atoms with Crippen molar-refractivity contribution in [3.8, 4) is 11.5 Å². The molecular formula is C28H32ClN3O6S. The normalized spacial score (nSPS) is 11.8. The molecule has 0 bridgehead atoms. The Balaban J connectivity index is 2.12. The first kappa shape index (κ1) is 29.8. The zero-order chi connectivity index (χ0) is 28.6. The number of carbonyl (C=O) groups excluding carboxylic acids is 2. The van der Waals surface area contributed by atoms with Crippen LogP contribution in [0.25, 0.3) is 0 Å². The quantitative estimate of drug-likeness (QED) is 0.350. The Bertz CT molecular complexity index is 1400. The molecule has 0 unspecified atom stereocenters. The molecule has 208 valence electrons. The zero-order valence-electron chi connectivity index (χ0n) is 22.3. The average Bonchev–Trinajstić information content (AvgIpc) is 2.95. The van der Waals surface area contributed by atoms with Crippen LogP contribution >= 0.6 is 11.6 Å². The summed E-state index contributed by atoms with van der Waals surface area (Å²) in [6.45, 7) is 1.23. The van der Waals surface area contributed by atoms with Crippen LogP contribution in [0.4, 0.5) is 5.69 Å². The highest BCUT2D eigenvalue weighted by Crippen LogP contribution is 2.35. The Morgan fingerprint density at radius 3 is 2.31 bits per heavy atom. The Hall–Kier alpha value is -3.76. The molecule has 1 N–H and O–H groups in total. The molecule has 0 heterocycles. The van der Waals surface area contributed by atoms with Crippen molar-refractivity contribution in [3.05, 3.63) is 83.4 Å². The van der Waals surface area contributed by atoms with Gasteiger partial charge in [0.1, 0.15) is 24.1 Å². The highest BCUT2D eigenvalue weighted by molar-refractivity contribution is 7.92. The van der Waals surface area contributed by atoms with Crippen LogP contribution in [0.15, 0.2) is 77.7 Å². The topological polar surface area (TPSA) is 105 Å². The minimum Gasteiger partial charge on any atom is -0.497 e. The van der Waals surface area contributed by atoms with Gasteiger partial charge in [-0.2, -0.15) is 0 Å². The molecule has 3 aromatic rings. The third-order valence-electron chi connectivity index (χ3n) is 6.14. The molecule has 0 aliphatic rings. The molecule has 39 heavy (non-hydrogen) atoms. The van der Waals surface area contributed by atoms with Gasteiger partial charge >= 0.3 is 0 Å². The summed E-state index contributed by atoms with van der Waals surface area (Å²) in [5, 5.41) is 2.86. The predicted molar refractivity (Wildman–Crippen MR) is 151 cm³/mol. The number of methoxy groups -OCH3 is 2. The maximum Gasteiger partial charge on any atom is 0.264 e. The van der Waals surface area contributed by atoms with Gasteiger partial charge in [-0.3, -0.25) is 13.9 Å². The van der Waals surface area contributed by atoms with Gasteiger partial charge in [0.05, 0.1) is 24.8 Å². The van der Waals surface area contributed by atoms with Gasteiger partial charge in [0, 0.05) is 18.6 Å². The van der Waals surface area contributed by atoms with Gasteiger partial charge in [-0.1, -0.05) is 48.9 Å². The Labute approximate surface area is 234 Å². The molecule has 0 aliphatic carbocycles. The molecular weight excluding hydrogens is 542 g/mol. The molecule has 0 radical (unpaired) electrons. The smallest absolute Gasteiger partial charge is 0.264 e. The SMILES string of the molecule is CC[C@H](C(=O)NC)N(Cc1cccc(OC)c1)C(=O)CN(c1cc(Cl)ccc1OC)S(=O)(=O)c1ccccc1. The number of anilines is 1. The molecule has 9 nitrogen and oxygen atoms in total. The van der Waals surface area contributed by atoms with Crippen LogP contribution in [-0.2, 0) is 26.2 Å². The van der Waals surface area contributed by atoms with E-state index in [0.717, 1.165) is 4.31 Å². The van der Waals surface area contributed by atoms with Gasteiger partial charge in [0.15, 0.2) is 0 Å². The summed E-state index contributed by atoms with van der Waals surface area (Å²) in [5.41, 5.74) is 0.805. The van der Waals surface area contributed by atoms with Crippen molar-refractivity contribution in [2.24, 2.45) is 0 Å². The first-order valence-corrected chi connectivity index (χ1v) is 14.0. The van der Waals surface area contributed by atoms with Crippen molar-refractivity contribution >= 4 is 39.1 Å². The maximum absolute atomic E-state index is 14.0. The van der Waals surface area contributed by atoms with Crippen LogP contribution in [0, 0.1) is 0 Å². The van der Waals surface area contributed by atoms with E-state index < -0.39 is 28.5 Å². The standard InChI is InChI=1S/C28H32ClN3O6S/c1-5-24(28(34)30-2)31(18-20-10-9-11-22(16-20)37-3)27(33)19-32(25-17-21(29)14-15-26(25)38-4)39(35,36)23-12-7-6-8-13-23/h6-17,24H,5,18-19H2,1-4H3,(H,30,34)/t24-/m1/s1. The van der Waals surface area contributed by atoms with Gasteiger partial charge in [0.25, 0.3) is 10.0 Å². The minimum absolute atomic E-state index is 0.0162. The van der Waals surface area contributed by atoms with E-state index in [-0.39, 0.29) is 33.8 Å². The second kappa shape index (κ2) is 13.3. The molecule has 0 spiro atoms. The number of nitrogens with one attached hydrogen (secondary N) is 1. The first-order chi connectivity index (χ1) is 18.7. The number of hydrogen-bond acceptors (Lipinski definition) is 6. The van der Waals surface area contributed by atoms with Gasteiger partial charge in [-0.05, 0) is 54.4 Å². The van der Waals surface area contributed by atoms with E-state index >= 15 is 0 Å². The number of amides is 2. The van der Waals surface area contributed by atoms with Crippen LogP contribution in [-0.4, -0.2) is 59.0 Å². The predicted octanol–water partition coefficient (Wildman–Crippen LogP) is 4.11. The summed E-state index contributed by atoms with van der Waals surface area (Å²) in [6.07, 6.45) is 0.307. The Morgan fingerprint density at radius 1 is 0.974 bits per heavy atom. The van der Waals surface area contributed by atoms with Crippen molar-refractivity contribution in [1.29, 1.82) is 0 Å². The van der Waals surface area contributed by atoms with Gasteiger partial charge in [-0.15, -0.1) is 0 Å². The van der Waals surface area contributed by atoms with Gasteiger partial charge in [0.2, 0.25) is 11.8 Å². The summed E-state index contributed by atoms with van der Waals surface area (Å²) in [4.78, 5) is 28.2. The van der Waals surface area contributed by atoms with E-state index in [1.54, 1.807) is 55.5 Å². The van der Waals surface area contributed by atoms with Crippen molar-refractivity contribution in [3.63, 3.8) is 0 Å². The maximum atomic E-state index is 14.0. The number of likely N-dealkylation sites (N-methyl/N-ethyl adjacent to an activating group) is 1. The molecule has 3 aromatic carbocycles. The Kier molecular flexibility index (Phi) is 10.2. The molecule has 0 aliphatic heterocycles. The molecule has 1 atom stereocenters. The monoisotopic (exact) mass is 573 g/mol. The van der Waals surface area contributed by atoms with E-state index in [9.17, 15) is 18.0 Å². The summed E-state index contributed by atoms with van der Waals surface area (Å²) in [7, 11) is 0.173. The van der Waals surface area contributed by atoms with E-state index in [4.69, 9.17) is 21.1 Å². The number of nitrogens with zero attached hydrogens (tertiary/aromatic N) is 2.